The number of hydrogen-bond donors (Lipinski definition) is 0. The summed E-state index contributed by atoms with van der Waals surface area (Å²) in [6.07, 6.45) is 0. The number of carbonyl (C=O) groups is 1. The van der Waals surface area contributed by atoms with Gasteiger partial charge in [0.25, 0.3) is 5.82 Å². The van der Waals surface area contributed by atoms with Gasteiger partial charge in [0.1, 0.15) is 0 Å². The summed E-state index contributed by atoms with van der Waals surface area (Å²) in [6, 6.07) is 7.32. The SMILES string of the molecule is CCOC(=O)c1nc2c3ccccc3n(C)c(=O)n2n1. The number of para-hydroxylation sites is 1. The Kier molecular flexibility index (Phi) is 2.74. The predicted octanol–water partition coefficient (Wildman–Crippen LogP) is 0.758. The third-order valence-corrected chi connectivity index (χ3v) is 3.04. The highest BCUT2D eigenvalue weighted by Crippen LogP contribution is 2.16. The van der Waals surface area contributed by atoms with Crippen LogP contribution in [0.3, 0.4) is 0 Å². The van der Waals surface area contributed by atoms with E-state index in [4.69, 9.17) is 4.74 Å². The van der Waals surface area contributed by atoms with E-state index in [0.717, 1.165) is 15.4 Å². The normalized spacial score (nSPS) is 11.1. The number of aromatic nitrogens is 4. The molecule has 0 saturated heterocycles. The average Bonchev–Trinajstić information content (AvgIpc) is 2.90. The van der Waals surface area contributed by atoms with Crippen LogP contribution in [0.2, 0.25) is 0 Å². The van der Waals surface area contributed by atoms with Gasteiger partial charge in [0.15, 0.2) is 5.65 Å². The molecule has 7 heteroatoms. The van der Waals surface area contributed by atoms with Gasteiger partial charge in [-0.2, -0.15) is 4.52 Å². The lowest BCUT2D eigenvalue weighted by Crippen LogP contribution is -2.25. The van der Waals surface area contributed by atoms with E-state index in [0.29, 0.717) is 5.65 Å². The number of hydrogen-bond acceptors (Lipinski definition) is 5. The molecule has 0 unspecified atom stereocenters. The third kappa shape index (κ3) is 1.67. The first-order valence-electron chi connectivity index (χ1n) is 6.15. The van der Waals surface area contributed by atoms with Crippen molar-refractivity contribution in [2.45, 2.75) is 6.92 Å². The highest BCUT2D eigenvalue weighted by molar-refractivity contribution is 5.93. The maximum Gasteiger partial charge on any atom is 0.378 e. The molecule has 0 fully saturated rings. The summed E-state index contributed by atoms with van der Waals surface area (Å²) in [4.78, 5) is 28.0. The Morgan fingerprint density at radius 1 is 1.35 bits per heavy atom. The molecule has 0 amide bonds. The molecular weight excluding hydrogens is 260 g/mol. The summed E-state index contributed by atoms with van der Waals surface area (Å²) < 4.78 is 7.44. The van der Waals surface area contributed by atoms with Crippen molar-refractivity contribution in [1.82, 2.24) is 19.2 Å². The summed E-state index contributed by atoms with van der Waals surface area (Å²) in [7, 11) is 1.65. The number of ether oxygens (including phenoxy) is 1. The van der Waals surface area contributed by atoms with Crippen LogP contribution in [0.1, 0.15) is 17.5 Å². The van der Waals surface area contributed by atoms with Gasteiger partial charge in [0.2, 0.25) is 0 Å². The number of carbonyl (C=O) groups excluding carboxylic acids is 1. The topological polar surface area (TPSA) is 78.5 Å². The number of rotatable bonds is 2. The molecule has 20 heavy (non-hydrogen) atoms. The van der Waals surface area contributed by atoms with Crippen LogP contribution >= 0.6 is 0 Å². The van der Waals surface area contributed by atoms with E-state index in [1.54, 1.807) is 14.0 Å². The van der Waals surface area contributed by atoms with E-state index >= 15 is 0 Å². The van der Waals surface area contributed by atoms with E-state index in [-0.39, 0.29) is 18.1 Å². The van der Waals surface area contributed by atoms with Gasteiger partial charge >= 0.3 is 11.7 Å². The Bertz CT molecular complexity index is 878. The van der Waals surface area contributed by atoms with Gasteiger partial charge in [-0.15, -0.1) is 5.10 Å². The second-order valence-corrected chi connectivity index (χ2v) is 4.25. The van der Waals surface area contributed by atoms with Crippen LogP contribution in [0.4, 0.5) is 0 Å². The van der Waals surface area contributed by atoms with Gasteiger partial charge in [-0.1, -0.05) is 12.1 Å². The number of aryl methyl sites for hydroxylation is 1. The maximum atomic E-state index is 12.2. The predicted molar refractivity (Wildman–Crippen MR) is 71.7 cm³/mol. The van der Waals surface area contributed by atoms with Crippen LogP contribution in [0.5, 0.6) is 0 Å². The minimum absolute atomic E-state index is 0.111. The quantitative estimate of drug-likeness (QED) is 0.643. The lowest BCUT2D eigenvalue weighted by Gasteiger charge is -2.04. The van der Waals surface area contributed by atoms with Crippen molar-refractivity contribution in [2.75, 3.05) is 6.61 Å². The molecule has 0 bridgehead atoms. The van der Waals surface area contributed by atoms with E-state index in [1.807, 2.05) is 24.3 Å². The molecule has 0 aliphatic rings. The largest absolute Gasteiger partial charge is 0.460 e. The first-order chi connectivity index (χ1) is 9.63. The first-order valence-corrected chi connectivity index (χ1v) is 6.15. The number of esters is 1. The number of nitrogens with zero attached hydrogens (tertiary/aromatic N) is 4. The second kappa shape index (κ2) is 4.44. The van der Waals surface area contributed by atoms with Crippen LogP contribution in [0.15, 0.2) is 29.1 Å². The van der Waals surface area contributed by atoms with E-state index in [1.165, 1.54) is 4.57 Å². The fourth-order valence-corrected chi connectivity index (χ4v) is 2.10. The Balaban J connectivity index is 2.38. The summed E-state index contributed by atoms with van der Waals surface area (Å²) in [5.74, 6) is -0.748. The zero-order chi connectivity index (χ0) is 14.3. The molecule has 102 valence electrons. The van der Waals surface area contributed by atoms with E-state index in [9.17, 15) is 9.59 Å². The smallest absolute Gasteiger partial charge is 0.378 e. The van der Waals surface area contributed by atoms with E-state index in [2.05, 4.69) is 10.1 Å². The summed E-state index contributed by atoms with van der Waals surface area (Å²) in [5.41, 5.74) is 0.723. The van der Waals surface area contributed by atoms with Crippen LogP contribution in [0, 0.1) is 0 Å². The van der Waals surface area contributed by atoms with Gasteiger partial charge in [-0.05, 0) is 19.1 Å². The van der Waals surface area contributed by atoms with Crippen molar-refractivity contribution < 1.29 is 9.53 Å². The van der Waals surface area contributed by atoms with Crippen LogP contribution < -0.4 is 5.69 Å². The molecule has 3 rings (SSSR count). The van der Waals surface area contributed by atoms with Crippen molar-refractivity contribution in [2.24, 2.45) is 7.05 Å². The Hall–Kier alpha value is -2.70. The van der Waals surface area contributed by atoms with Gasteiger partial charge in [-0.3, -0.25) is 4.57 Å². The van der Waals surface area contributed by atoms with Crippen molar-refractivity contribution in [3.8, 4) is 0 Å². The maximum absolute atomic E-state index is 12.2. The fraction of sp³-hybridized carbons (Fsp3) is 0.231. The van der Waals surface area contributed by atoms with Crippen LogP contribution in [-0.2, 0) is 11.8 Å². The molecule has 7 nitrogen and oxygen atoms in total. The molecule has 3 aromatic rings. The van der Waals surface area contributed by atoms with Crippen molar-refractivity contribution >= 4 is 22.5 Å². The van der Waals surface area contributed by atoms with Crippen LogP contribution in [0.25, 0.3) is 16.6 Å². The monoisotopic (exact) mass is 272 g/mol. The molecule has 0 radical (unpaired) electrons. The molecular formula is C13H12N4O3. The van der Waals surface area contributed by atoms with Gasteiger partial charge in [0, 0.05) is 12.4 Å². The molecule has 0 saturated carbocycles. The van der Waals surface area contributed by atoms with Gasteiger partial charge in [0.05, 0.1) is 12.1 Å². The molecule has 0 N–H and O–H groups in total. The van der Waals surface area contributed by atoms with Crippen molar-refractivity contribution in [3.05, 3.63) is 40.6 Å². The van der Waals surface area contributed by atoms with Gasteiger partial charge in [-0.25, -0.2) is 14.6 Å². The van der Waals surface area contributed by atoms with Crippen molar-refractivity contribution in [3.63, 3.8) is 0 Å². The second-order valence-electron chi connectivity index (χ2n) is 4.25. The highest BCUT2D eigenvalue weighted by Gasteiger charge is 2.18. The average molecular weight is 272 g/mol. The lowest BCUT2D eigenvalue weighted by atomic mass is 10.2. The number of fused-ring (bicyclic) bond motifs is 3. The van der Waals surface area contributed by atoms with Crippen LogP contribution in [-0.4, -0.2) is 31.7 Å². The Labute approximate surface area is 113 Å². The van der Waals surface area contributed by atoms with Crippen molar-refractivity contribution in [1.29, 1.82) is 0 Å². The standard InChI is InChI=1S/C13H12N4O3/c1-3-20-12(18)10-14-11-8-6-4-5-7-9(8)16(2)13(19)17(11)15-10/h4-7H,3H2,1-2H3. The Morgan fingerprint density at radius 2 is 2.10 bits per heavy atom. The lowest BCUT2D eigenvalue weighted by molar-refractivity contribution is 0.0512. The molecule has 0 aliphatic heterocycles. The molecule has 0 spiro atoms. The zero-order valence-corrected chi connectivity index (χ0v) is 11.0. The Morgan fingerprint density at radius 3 is 2.85 bits per heavy atom. The summed E-state index contributed by atoms with van der Waals surface area (Å²) in [6.45, 7) is 1.93. The minimum atomic E-state index is -0.637. The van der Waals surface area contributed by atoms with E-state index < -0.39 is 5.97 Å². The minimum Gasteiger partial charge on any atom is -0.460 e. The molecule has 2 aromatic heterocycles. The summed E-state index contributed by atoms with van der Waals surface area (Å²) >= 11 is 0. The highest BCUT2D eigenvalue weighted by atomic mass is 16.5. The fourth-order valence-electron chi connectivity index (χ4n) is 2.10. The molecule has 0 aliphatic carbocycles. The molecule has 2 heterocycles. The third-order valence-electron chi connectivity index (χ3n) is 3.04. The van der Waals surface area contributed by atoms with Gasteiger partial charge < -0.3 is 4.74 Å². The summed E-state index contributed by atoms with van der Waals surface area (Å²) in [5, 5.41) is 4.69. The molecule has 0 atom stereocenters. The number of benzene rings is 1. The first kappa shape index (κ1) is 12.3. The zero-order valence-electron chi connectivity index (χ0n) is 11.0. The molecule has 1 aromatic carbocycles.